The van der Waals surface area contributed by atoms with Crippen LogP contribution in [0.5, 0.6) is 0 Å². The minimum Gasteiger partial charge on any atom is -0.323 e. The van der Waals surface area contributed by atoms with Gasteiger partial charge in [0.2, 0.25) is 0 Å². The van der Waals surface area contributed by atoms with Crippen LogP contribution >= 0.6 is 0 Å². The van der Waals surface area contributed by atoms with Gasteiger partial charge in [0.05, 0.1) is 17.6 Å². The monoisotopic (exact) mass is 290 g/mol. The van der Waals surface area contributed by atoms with Crippen LogP contribution in [-0.4, -0.2) is 16.0 Å². The van der Waals surface area contributed by atoms with Crippen LogP contribution in [0.1, 0.15) is 5.56 Å². The molecule has 3 rings (SSSR count). The van der Waals surface area contributed by atoms with Crippen molar-refractivity contribution in [1.29, 1.82) is 0 Å². The predicted octanol–water partition coefficient (Wildman–Crippen LogP) is 2.19. The van der Waals surface area contributed by atoms with Crippen molar-refractivity contribution in [2.24, 2.45) is 10.9 Å². The Morgan fingerprint density at radius 1 is 0.955 bits per heavy atom. The van der Waals surface area contributed by atoms with Crippen molar-refractivity contribution in [3.63, 3.8) is 0 Å². The van der Waals surface area contributed by atoms with Crippen LogP contribution < -0.4 is 11.4 Å². The van der Waals surface area contributed by atoms with Gasteiger partial charge in [-0.25, -0.2) is 0 Å². The number of nitrogens with two attached hydrogens (primary N) is 1. The molecule has 5 heteroatoms. The Bertz CT molecular complexity index is 852. The highest BCUT2D eigenvalue weighted by atomic mass is 16.1. The molecule has 108 valence electrons. The van der Waals surface area contributed by atoms with Crippen molar-refractivity contribution in [2.45, 2.75) is 0 Å². The van der Waals surface area contributed by atoms with Crippen molar-refractivity contribution in [1.82, 2.24) is 9.78 Å². The minimum absolute atomic E-state index is 0.181. The highest BCUT2D eigenvalue weighted by Gasteiger charge is 2.05. The van der Waals surface area contributed by atoms with E-state index < -0.39 is 0 Å². The van der Waals surface area contributed by atoms with E-state index in [-0.39, 0.29) is 5.56 Å². The van der Waals surface area contributed by atoms with Gasteiger partial charge in [-0.1, -0.05) is 42.5 Å². The Balaban J connectivity index is 2.05. The quantitative estimate of drug-likeness (QED) is 0.456. The molecule has 1 heterocycles. The molecule has 2 aromatic carbocycles. The van der Waals surface area contributed by atoms with Gasteiger partial charge in [-0.2, -0.15) is 14.9 Å². The first-order valence-corrected chi connectivity index (χ1v) is 6.77. The fraction of sp³-hybridized carbons (Fsp3) is 0. The summed E-state index contributed by atoms with van der Waals surface area (Å²) >= 11 is 0. The third kappa shape index (κ3) is 2.78. The largest absolute Gasteiger partial charge is 0.323 e. The van der Waals surface area contributed by atoms with Crippen molar-refractivity contribution in [3.05, 3.63) is 82.6 Å². The van der Waals surface area contributed by atoms with E-state index >= 15 is 0 Å². The molecular formula is C17H14N4O. The lowest BCUT2D eigenvalue weighted by molar-refractivity contribution is 0.812. The number of hydrogen-bond acceptors (Lipinski definition) is 4. The van der Waals surface area contributed by atoms with Crippen LogP contribution in [0.4, 0.5) is 0 Å². The molecule has 0 saturated heterocycles. The molecule has 0 aliphatic carbocycles. The summed E-state index contributed by atoms with van der Waals surface area (Å²) in [6.07, 6.45) is 1.54. The van der Waals surface area contributed by atoms with Gasteiger partial charge >= 0.3 is 0 Å². The SMILES string of the molecule is N/N=C\c1ccc(-n2nc(-c3ccccc3)ccc2=O)cc1. The number of hydrogen-bond donors (Lipinski definition) is 1. The summed E-state index contributed by atoms with van der Waals surface area (Å²) in [5.41, 5.74) is 3.08. The maximum absolute atomic E-state index is 12.1. The van der Waals surface area contributed by atoms with E-state index in [1.165, 1.54) is 10.7 Å². The first-order chi connectivity index (χ1) is 10.8. The molecule has 0 radical (unpaired) electrons. The highest BCUT2D eigenvalue weighted by molar-refractivity contribution is 5.79. The van der Waals surface area contributed by atoms with Crippen molar-refractivity contribution in [2.75, 3.05) is 0 Å². The lowest BCUT2D eigenvalue weighted by Gasteiger charge is -2.07. The lowest BCUT2D eigenvalue weighted by atomic mass is 10.1. The summed E-state index contributed by atoms with van der Waals surface area (Å²) in [6.45, 7) is 0. The van der Waals surface area contributed by atoms with Gasteiger partial charge in [0.25, 0.3) is 5.56 Å². The predicted molar refractivity (Wildman–Crippen MR) is 87.1 cm³/mol. The molecule has 22 heavy (non-hydrogen) atoms. The molecule has 0 bridgehead atoms. The first kappa shape index (κ1) is 13.8. The Kier molecular flexibility index (Phi) is 3.78. The van der Waals surface area contributed by atoms with E-state index in [0.29, 0.717) is 5.69 Å². The summed E-state index contributed by atoms with van der Waals surface area (Å²) in [5.74, 6) is 5.12. The van der Waals surface area contributed by atoms with Crippen molar-refractivity contribution >= 4 is 6.21 Å². The van der Waals surface area contributed by atoms with Gasteiger partial charge < -0.3 is 5.84 Å². The number of hydrazone groups is 1. The van der Waals surface area contributed by atoms with Gasteiger partial charge in [0.1, 0.15) is 0 Å². The molecule has 0 atom stereocenters. The zero-order valence-electron chi connectivity index (χ0n) is 11.8. The Hall–Kier alpha value is -3.21. The van der Waals surface area contributed by atoms with Crippen LogP contribution in [0.3, 0.4) is 0 Å². The molecule has 0 aliphatic rings. The third-order valence-corrected chi connectivity index (χ3v) is 3.23. The average Bonchev–Trinajstić information content (AvgIpc) is 2.57. The van der Waals surface area contributed by atoms with Crippen LogP contribution in [0, 0.1) is 0 Å². The number of benzene rings is 2. The Labute approximate surface area is 127 Å². The third-order valence-electron chi connectivity index (χ3n) is 3.23. The number of nitrogens with zero attached hydrogens (tertiary/aromatic N) is 3. The maximum Gasteiger partial charge on any atom is 0.271 e. The van der Waals surface area contributed by atoms with Crippen molar-refractivity contribution < 1.29 is 0 Å². The Morgan fingerprint density at radius 2 is 1.68 bits per heavy atom. The molecule has 1 aromatic heterocycles. The highest BCUT2D eigenvalue weighted by Crippen LogP contribution is 2.15. The first-order valence-electron chi connectivity index (χ1n) is 6.77. The van der Waals surface area contributed by atoms with Gasteiger partial charge in [-0.15, -0.1) is 0 Å². The second-order valence-electron chi connectivity index (χ2n) is 4.70. The summed E-state index contributed by atoms with van der Waals surface area (Å²) < 4.78 is 1.38. The molecule has 0 fully saturated rings. The molecule has 3 aromatic rings. The van der Waals surface area contributed by atoms with Gasteiger partial charge in [-0.3, -0.25) is 4.79 Å². The van der Waals surface area contributed by atoms with Gasteiger partial charge in [-0.05, 0) is 23.8 Å². The lowest BCUT2D eigenvalue weighted by Crippen LogP contribution is -2.20. The minimum atomic E-state index is -0.181. The van der Waals surface area contributed by atoms with E-state index in [9.17, 15) is 4.79 Å². The normalized spacial score (nSPS) is 10.9. The van der Waals surface area contributed by atoms with E-state index in [2.05, 4.69) is 10.2 Å². The molecular weight excluding hydrogens is 276 g/mol. The number of aromatic nitrogens is 2. The fourth-order valence-electron chi connectivity index (χ4n) is 2.15. The smallest absolute Gasteiger partial charge is 0.271 e. The second kappa shape index (κ2) is 6.05. The topological polar surface area (TPSA) is 73.3 Å². The van der Waals surface area contributed by atoms with Crippen LogP contribution in [0.25, 0.3) is 16.9 Å². The molecule has 0 unspecified atom stereocenters. The van der Waals surface area contributed by atoms with Crippen LogP contribution in [0.2, 0.25) is 0 Å². The molecule has 0 amide bonds. The van der Waals surface area contributed by atoms with Crippen molar-refractivity contribution in [3.8, 4) is 16.9 Å². The summed E-state index contributed by atoms with van der Waals surface area (Å²) in [4.78, 5) is 12.1. The van der Waals surface area contributed by atoms with Gasteiger partial charge in [0.15, 0.2) is 0 Å². The Morgan fingerprint density at radius 3 is 2.36 bits per heavy atom. The zero-order chi connectivity index (χ0) is 15.4. The average molecular weight is 290 g/mol. The van der Waals surface area contributed by atoms with E-state index in [1.807, 2.05) is 42.5 Å². The number of rotatable bonds is 3. The second-order valence-corrected chi connectivity index (χ2v) is 4.70. The summed E-state index contributed by atoms with van der Waals surface area (Å²) in [7, 11) is 0. The van der Waals surface area contributed by atoms with Gasteiger partial charge in [0, 0.05) is 11.6 Å². The van der Waals surface area contributed by atoms with Crippen LogP contribution in [0.15, 0.2) is 76.6 Å². The van der Waals surface area contributed by atoms with Crippen LogP contribution in [-0.2, 0) is 0 Å². The maximum atomic E-state index is 12.1. The standard InChI is InChI=1S/C17H14N4O/c18-19-12-13-6-8-15(9-7-13)21-17(22)11-10-16(20-21)14-4-2-1-3-5-14/h1-12H,18H2/b19-12-. The van der Waals surface area contributed by atoms with E-state index in [0.717, 1.165) is 16.8 Å². The summed E-state index contributed by atoms with van der Waals surface area (Å²) in [5, 5.41) is 7.90. The van der Waals surface area contributed by atoms with E-state index in [4.69, 9.17) is 5.84 Å². The molecule has 5 nitrogen and oxygen atoms in total. The summed E-state index contributed by atoms with van der Waals surface area (Å²) in [6, 6.07) is 20.2. The molecule has 0 saturated carbocycles. The molecule has 0 spiro atoms. The van der Waals surface area contributed by atoms with E-state index in [1.54, 1.807) is 24.4 Å². The zero-order valence-corrected chi connectivity index (χ0v) is 11.8. The fourth-order valence-corrected chi connectivity index (χ4v) is 2.15. The molecule has 2 N–H and O–H groups in total. The molecule has 0 aliphatic heterocycles.